The van der Waals surface area contributed by atoms with Crippen molar-refractivity contribution in [2.45, 2.75) is 6.04 Å². The summed E-state index contributed by atoms with van der Waals surface area (Å²) >= 11 is 0. The summed E-state index contributed by atoms with van der Waals surface area (Å²) in [7, 11) is 2.40. The molecule has 0 unspecified atom stereocenters. The first-order valence-electron chi connectivity index (χ1n) is 2.87. The van der Waals surface area contributed by atoms with Crippen LogP contribution in [0.1, 0.15) is 0 Å². The number of amides is 1. The van der Waals surface area contributed by atoms with Gasteiger partial charge in [0, 0.05) is 25.5 Å². The third-order valence-electron chi connectivity index (χ3n) is 0.963. The molecule has 1 atom stereocenters. The maximum atomic E-state index is 10.6. The van der Waals surface area contributed by atoms with Crippen molar-refractivity contribution in [3.63, 3.8) is 0 Å². The summed E-state index contributed by atoms with van der Waals surface area (Å²) < 4.78 is 8.50. The molecule has 0 aliphatic heterocycles. The molecule has 0 aromatic heterocycles. The number of rotatable bonds is 2. The van der Waals surface area contributed by atoms with E-state index in [-0.39, 0.29) is 19.5 Å². The largest absolute Gasteiger partial charge is 0.469 e. The van der Waals surface area contributed by atoms with Crippen LogP contribution < -0.4 is 5.32 Å². The van der Waals surface area contributed by atoms with Crippen molar-refractivity contribution in [3.05, 3.63) is 6.92 Å². The SMILES string of the molecule is [CH2-][C@@H](NC(=O)OC)C(=O)OC.[Zn]. The Bertz CT molecular complexity index is 162. The molecule has 0 bridgehead atoms. The van der Waals surface area contributed by atoms with Crippen molar-refractivity contribution in [2.75, 3.05) is 14.2 Å². The van der Waals surface area contributed by atoms with Gasteiger partial charge in [0.25, 0.3) is 5.97 Å². The topological polar surface area (TPSA) is 64.6 Å². The number of hydrogen-bond acceptors (Lipinski definition) is 4. The van der Waals surface area contributed by atoms with E-state index in [0.717, 1.165) is 0 Å². The molecule has 0 aliphatic rings. The number of carbonyl (C=O) groups excluding carboxylic acids is 2. The zero-order chi connectivity index (χ0) is 8.85. The Labute approximate surface area is 83.5 Å². The van der Waals surface area contributed by atoms with E-state index in [1.165, 1.54) is 14.2 Å². The summed E-state index contributed by atoms with van der Waals surface area (Å²) in [6, 6.07) is -0.924. The van der Waals surface area contributed by atoms with Crippen LogP contribution in [-0.4, -0.2) is 32.3 Å². The molecule has 0 radical (unpaired) electrons. The van der Waals surface area contributed by atoms with Crippen LogP contribution >= 0.6 is 0 Å². The van der Waals surface area contributed by atoms with Crippen LogP contribution in [0.3, 0.4) is 0 Å². The molecule has 0 fully saturated rings. The molecular weight excluding hydrogens is 215 g/mol. The molecular formula is C6H10NO4Zn-. The third-order valence-corrected chi connectivity index (χ3v) is 0.963. The normalized spacial score (nSPS) is 10.6. The van der Waals surface area contributed by atoms with Crippen LogP contribution in [0.25, 0.3) is 0 Å². The second-order valence-corrected chi connectivity index (χ2v) is 1.71. The monoisotopic (exact) mass is 224 g/mol. The summed E-state index contributed by atoms with van der Waals surface area (Å²) in [5.41, 5.74) is 0. The number of methoxy groups -OCH3 is 2. The van der Waals surface area contributed by atoms with Crippen molar-refractivity contribution in [1.82, 2.24) is 5.32 Å². The summed E-state index contributed by atoms with van der Waals surface area (Å²) in [6.45, 7) is 3.31. The molecule has 1 N–H and O–H groups in total. The fourth-order valence-electron chi connectivity index (χ4n) is 0.402. The molecule has 1 amide bonds. The molecule has 0 aromatic carbocycles. The Kier molecular flexibility index (Phi) is 8.16. The van der Waals surface area contributed by atoms with E-state index in [4.69, 9.17) is 0 Å². The second kappa shape index (κ2) is 7.04. The van der Waals surface area contributed by atoms with Gasteiger partial charge in [-0.15, -0.1) is 0 Å². The number of carbonyl (C=O) groups is 2. The van der Waals surface area contributed by atoms with Crippen molar-refractivity contribution < 1.29 is 38.5 Å². The van der Waals surface area contributed by atoms with Crippen LogP contribution in [0.2, 0.25) is 0 Å². The first-order chi connectivity index (χ1) is 5.11. The molecule has 0 saturated heterocycles. The van der Waals surface area contributed by atoms with Crippen LogP contribution in [0.15, 0.2) is 0 Å². The van der Waals surface area contributed by atoms with Crippen molar-refractivity contribution in [1.29, 1.82) is 0 Å². The Morgan fingerprint density at radius 1 is 1.33 bits per heavy atom. The predicted octanol–water partition coefficient (Wildman–Crippen LogP) is -0.284. The second-order valence-electron chi connectivity index (χ2n) is 1.71. The Morgan fingerprint density at radius 3 is 2.17 bits per heavy atom. The number of esters is 1. The number of nitrogens with one attached hydrogen (secondary N) is 1. The molecule has 0 spiro atoms. The number of ether oxygens (including phenoxy) is 2. The van der Waals surface area contributed by atoms with Gasteiger partial charge in [-0.2, -0.15) is 0 Å². The summed E-state index contributed by atoms with van der Waals surface area (Å²) in [4.78, 5) is 21.1. The predicted molar refractivity (Wildman–Crippen MR) is 36.7 cm³/mol. The van der Waals surface area contributed by atoms with Crippen molar-refractivity contribution in [3.8, 4) is 0 Å². The molecule has 12 heavy (non-hydrogen) atoms. The quantitative estimate of drug-likeness (QED) is 0.399. The van der Waals surface area contributed by atoms with E-state index >= 15 is 0 Å². The fraction of sp³-hybridized carbons (Fsp3) is 0.500. The minimum absolute atomic E-state index is 0. The van der Waals surface area contributed by atoms with Crippen LogP contribution in [0, 0.1) is 6.92 Å². The maximum absolute atomic E-state index is 10.6. The maximum Gasteiger partial charge on any atom is 0.405 e. The van der Waals surface area contributed by atoms with E-state index in [1.807, 2.05) is 0 Å². The molecule has 0 saturated carbocycles. The van der Waals surface area contributed by atoms with Crippen LogP contribution in [0.4, 0.5) is 4.79 Å². The van der Waals surface area contributed by atoms with E-state index in [1.54, 1.807) is 0 Å². The smallest absolute Gasteiger partial charge is 0.405 e. The van der Waals surface area contributed by atoms with E-state index < -0.39 is 18.1 Å². The molecule has 66 valence electrons. The molecule has 5 nitrogen and oxygen atoms in total. The zero-order valence-corrected chi connectivity index (χ0v) is 10.1. The van der Waals surface area contributed by atoms with Gasteiger partial charge in [-0.25, -0.2) is 4.79 Å². The van der Waals surface area contributed by atoms with Gasteiger partial charge in [-0.05, 0) is 0 Å². The zero-order valence-electron chi connectivity index (χ0n) is 7.12. The molecule has 0 aromatic rings. The average Bonchev–Trinajstić information content (AvgIpc) is 2.02. The van der Waals surface area contributed by atoms with Gasteiger partial charge >= 0.3 is 6.09 Å². The molecule has 0 heterocycles. The first kappa shape index (κ1) is 13.9. The Morgan fingerprint density at radius 2 is 1.83 bits per heavy atom. The molecule has 0 rings (SSSR count). The fourth-order valence-corrected chi connectivity index (χ4v) is 0.402. The summed E-state index contributed by atoms with van der Waals surface area (Å²) in [5.74, 6) is -0.615. The van der Waals surface area contributed by atoms with E-state index in [0.29, 0.717) is 0 Å². The van der Waals surface area contributed by atoms with E-state index in [9.17, 15) is 9.59 Å². The number of hydrogen-bond donors (Lipinski definition) is 1. The third kappa shape index (κ3) is 5.07. The van der Waals surface area contributed by atoms with E-state index in [2.05, 4.69) is 21.7 Å². The van der Waals surface area contributed by atoms with Crippen LogP contribution in [0.5, 0.6) is 0 Å². The van der Waals surface area contributed by atoms with Crippen molar-refractivity contribution >= 4 is 12.1 Å². The van der Waals surface area contributed by atoms with Gasteiger partial charge in [-0.3, -0.25) is 4.79 Å². The van der Waals surface area contributed by atoms with Gasteiger partial charge in [-0.1, -0.05) is 0 Å². The van der Waals surface area contributed by atoms with Crippen LogP contribution in [-0.2, 0) is 33.7 Å². The summed E-state index contributed by atoms with van der Waals surface area (Å²) in [6.07, 6.45) is -0.713. The van der Waals surface area contributed by atoms with Gasteiger partial charge < -0.3 is 21.7 Å². The minimum atomic E-state index is -0.924. The number of alkyl carbamates (subject to hydrolysis) is 1. The molecule has 6 heteroatoms. The van der Waals surface area contributed by atoms with Gasteiger partial charge in [0.05, 0.1) is 14.2 Å². The standard InChI is InChI=1S/C6H10NO4.Zn/c1-4(5(8)10-2)7-6(9)11-3;/h4H,1H2,2-3H3,(H,7,9);/q-1;/t4-;/m1./s1. The van der Waals surface area contributed by atoms with Gasteiger partial charge in [0.15, 0.2) is 0 Å². The summed E-state index contributed by atoms with van der Waals surface area (Å²) in [5, 5.41) is 2.13. The van der Waals surface area contributed by atoms with Crippen molar-refractivity contribution in [2.24, 2.45) is 0 Å². The minimum Gasteiger partial charge on any atom is -0.469 e. The van der Waals surface area contributed by atoms with Gasteiger partial charge in [0.2, 0.25) is 0 Å². The molecule has 0 aliphatic carbocycles. The Balaban J connectivity index is 0. The first-order valence-corrected chi connectivity index (χ1v) is 2.87. The average molecular weight is 226 g/mol. The van der Waals surface area contributed by atoms with Gasteiger partial charge in [0.1, 0.15) is 0 Å². The Hall–Kier alpha value is -0.637.